The van der Waals surface area contributed by atoms with E-state index in [1.807, 2.05) is 4.90 Å². The van der Waals surface area contributed by atoms with Gasteiger partial charge in [0.05, 0.1) is 12.1 Å². The van der Waals surface area contributed by atoms with Crippen LogP contribution in [0.15, 0.2) is 72.8 Å². The minimum Gasteiger partial charge on any atom is -0.352 e. The number of fused-ring (bicyclic) bond motifs is 5. The van der Waals surface area contributed by atoms with E-state index >= 15 is 0 Å². The van der Waals surface area contributed by atoms with Crippen LogP contribution in [0.4, 0.5) is 14.5 Å². The highest BCUT2D eigenvalue weighted by molar-refractivity contribution is 6.32. The van der Waals surface area contributed by atoms with Crippen molar-refractivity contribution in [2.24, 2.45) is 10.8 Å². The van der Waals surface area contributed by atoms with Crippen LogP contribution in [0.3, 0.4) is 0 Å². The van der Waals surface area contributed by atoms with Crippen LogP contribution >= 0.6 is 0 Å². The lowest BCUT2D eigenvalue weighted by Crippen LogP contribution is -2.49. The Morgan fingerprint density at radius 2 is 1.46 bits per heavy atom. The van der Waals surface area contributed by atoms with Gasteiger partial charge in [-0.1, -0.05) is 69.3 Å². The van der Waals surface area contributed by atoms with Crippen molar-refractivity contribution in [2.75, 3.05) is 4.90 Å². The van der Waals surface area contributed by atoms with E-state index in [0.717, 1.165) is 0 Å². The summed E-state index contributed by atoms with van der Waals surface area (Å²) < 4.78 is 28.2. The zero-order valence-electron chi connectivity index (χ0n) is 20.7. The second-order valence-electron chi connectivity index (χ2n) is 11.1. The van der Waals surface area contributed by atoms with Crippen molar-refractivity contribution in [3.63, 3.8) is 0 Å². The Hall–Kier alpha value is -3.93. The van der Waals surface area contributed by atoms with Gasteiger partial charge < -0.3 is 4.90 Å². The summed E-state index contributed by atoms with van der Waals surface area (Å²) in [5.74, 6) is -2.64. The number of halogens is 2. The summed E-state index contributed by atoms with van der Waals surface area (Å²) in [6.07, 6.45) is 3.46. The number of carbonyl (C=O) groups excluding carboxylic acids is 3. The lowest BCUT2D eigenvalue weighted by Gasteiger charge is -2.38. The van der Waals surface area contributed by atoms with Crippen molar-refractivity contribution >= 4 is 29.1 Å². The largest absolute Gasteiger partial charge is 0.352 e. The molecule has 1 spiro atoms. The molecular weight excluding hydrogens is 472 g/mol. The van der Waals surface area contributed by atoms with Gasteiger partial charge in [0, 0.05) is 33.7 Å². The van der Waals surface area contributed by atoms with Crippen molar-refractivity contribution in [3.8, 4) is 0 Å². The molecule has 3 aliphatic rings. The molecule has 1 aliphatic carbocycles. The molecule has 3 aromatic rings. The van der Waals surface area contributed by atoms with E-state index in [0.29, 0.717) is 27.9 Å². The Morgan fingerprint density at radius 3 is 2.05 bits per heavy atom. The first-order chi connectivity index (χ1) is 17.6. The molecule has 1 fully saturated rings. The van der Waals surface area contributed by atoms with Crippen molar-refractivity contribution in [3.05, 3.63) is 107 Å². The van der Waals surface area contributed by atoms with Crippen LogP contribution in [0, 0.1) is 22.5 Å². The van der Waals surface area contributed by atoms with Crippen LogP contribution in [-0.4, -0.2) is 29.4 Å². The SMILES string of the molecule is CC(C)(C)C(=O)C1C(c2ccc(F)cc2)C2(C(=O)c3ccccc3C2=O)C2C=Cc3cc(F)ccc3N12. The molecule has 6 rings (SSSR count). The van der Waals surface area contributed by atoms with Gasteiger partial charge in [-0.2, -0.15) is 0 Å². The number of anilines is 1. The minimum absolute atomic E-state index is 0.161. The molecule has 4 nitrogen and oxygen atoms in total. The molecule has 0 radical (unpaired) electrons. The molecule has 186 valence electrons. The van der Waals surface area contributed by atoms with Gasteiger partial charge in [-0.3, -0.25) is 14.4 Å². The van der Waals surface area contributed by atoms with Crippen molar-refractivity contribution in [2.45, 2.75) is 38.8 Å². The van der Waals surface area contributed by atoms with E-state index in [1.165, 1.54) is 24.3 Å². The maximum Gasteiger partial charge on any atom is 0.180 e. The summed E-state index contributed by atoms with van der Waals surface area (Å²) in [5, 5.41) is 0. The molecule has 0 bridgehead atoms. The predicted octanol–water partition coefficient (Wildman–Crippen LogP) is 6.01. The molecule has 1 saturated heterocycles. The number of rotatable bonds is 2. The fourth-order valence-corrected chi connectivity index (χ4v) is 6.43. The number of benzene rings is 3. The lowest BCUT2D eigenvalue weighted by atomic mass is 9.63. The predicted molar refractivity (Wildman–Crippen MR) is 137 cm³/mol. The van der Waals surface area contributed by atoms with Gasteiger partial charge in [0.15, 0.2) is 17.3 Å². The highest BCUT2D eigenvalue weighted by Crippen LogP contribution is 2.61. The first kappa shape index (κ1) is 23.5. The van der Waals surface area contributed by atoms with E-state index in [-0.39, 0.29) is 17.3 Å². The Balaban J connectivity index is 1.70. The molecule has 6 heteroatoms. The van der Waals surface area contributed by atoms with Crippen LogP contribution < -0.4 is 4.90 Å². The number of hydrogen-bond donors (Lipinski definition) is 0. The monoisotopic (exact) mass is 497 g/mol. The second kappa shape index (κ2) is 7.78. The third-order valence-electron chi connectivity index (χ3n) is 8.00. The fraction of sp³-hybridized carbons (Fsp3) is 0.258. The zero-order chi connectivity index (χ0) is 26.3. The maximum absolute atomic E-state index is 14.4. The maximum atomic E-state index is 14.4. The van der Waals surface area contributed by atoms with E-state index in [4.69, 9.17) is 0 Å². The molecular formula is C31H25F2NO3. The smallest absolute Gasteiger partial charge is 0.180 e. The first-order valence-corrected chi connectivity index (χ1v) is 12.3. The Bertz CT molecular complexity index is 1480. The summed E-state index contributed by atoms with van der Waals surface area (Å²) in [4.78, 5) is 44.9. The topological polar surface area (TPSA) is 54.5 Å². The third kappa shape index (κ3) is 3.08. The number of ketones is 3. The van der Waals surface area contributed by atoms with Gasteiger partial charge in [-0.05, 0) is 35.9 Å². The molecule has 0 amide bonds. The van der Waals surface area contributed by atoms with Gasteiger partial charge in [0.2, 0.25) is 0 Å². The number of Topliss-reactive ketones (excluding diaryl/α,β-unsaturated/α-hetero) is 3. The van der Waals surface area contributed by atoms with Crippen LogP contribution in [0.2, 0.25) is 0 Å². The molecule has 2 heterocycles. The van der Waals surface area contributed by atoms with Crippen molar-refractivity contribution < 1.29 is 23.2 Å². The van der Waals surface area contributed by atoms with Crippen LogP contribution in [0.25, 0.3) is 6.08 Å². The number of nitrogens with zero attached hydrogens (tertiary/aromatic N) is 1. The lowest BCUT2D eigenvalue weighted by molar-refractivity contribution is -0.127. The summed E-state index contributed by atoms with van der Waals surface area (Å²) in [5.41, 5.74) is -0.146. The van der Waals surface area contributed by atoms with E-state index in [9.17, 15) is 23.2 Å². The molecule has 37 heavy (non-hydrogen) atoms. The summed E-state index contributed by atoms with van der Waals surface area (Å²) in [6, 6.07) is 15.0. The van der Waals surface area contributed by atoms with Crippen molar-refractivity contribution in [1.29, 1.82) is 0 Å². The fourth-order valence-electron chi connectivity index (χ4n) is 6.43. The molecule has 3 aromatic carbocycles. The summed E-state index contributed by atoms with van der Waals surface area (Å²) in [7, 11) is 0. The number of carbonyl (C=O) groups is 3. The zero-order valence-corrected chi connectivity index (χ0v) is 20.7. The van der Waals surface area contributed by atoms with Gasteiger partial charge in [-0.25, -0.2) is 8.78 Å². The standard InChI is InChI=1S/C31H25F2NO3/c1-30(2,3)29(37)26-25(17-8-11-19(32)12-9-17)31(27(35)21-6-4-5-7-22(21)28(31)36)24-15-10-18-16-20(33)13-14-23(18)34(24)26/h4-16,24-26H,1-3H3. The molecule has 0 aromatic heterocycles. The summed E-state index contributed by atoms with van der Waals surface area (Å²) in [6.45, 7) is 5.40. The molecule has 3 atom stereocenters. The highest BCUT2D eigenvalue weighted by Gasteiger charge is 2.71. The van der Waals surface area contributed by atoms with E-state index in [2.05, 4.69) is 0 Å². The average Bonchev–Trinajstić information content (AvgIpc) is 3.29. The summed E-state index contributed by atoms with van der Waals surface area (Å²) >= 11 is 0. The minimum atomic E-state index is -1.64. The molecule has 2 aliphatic heterocycles. The van der Waals surface area contributed by atoms with E-state index < -0.39 is 40.5 Å². The van der Waals surface area contributed by atoms with Gasteiger partial charge in [0.25, 0.3) is 0 Å². The molecule has 0 saturated carbocycles. The van der Waals surface area contributed by atoms with Gasteiger partial charge >= 0.3 is 0 Å². The van der Waals surface area contributed by atoms with Gasteiger partial charge in [0.1, 0.15) is 17.0 Å². The van der Waals surface area contributed by atoms with Gasteiger partial charge in [-0.15, -0.1) is 0 Å². The van der Waals surface area contributed by atoms with Crippen LogP contribution in [0.1, 0.15) is 58.5 Å². The number of hydrogen-bond acceptors (Lipinski definition) is 4. The second-order valence-corrected chi connectivity index (χ2v) is 11.1. The Kier molecular flexibility index (Phi) is 4.94. The quantitative estimate of drug-likeness (QED) is 0.407. The first-order valence-electron chi connectivity index (χ1n) is 12.3. The normalized spacial score (nSPS) is 23.3. The van der Waals surface area contributed by atoms with Crippen LogP contribution in [-0.2, 0) is 4.79 Å². The van der Waals surface area contributed by atoms with Crippen molar-refractivity contribution in [1.82, 2.24) is 0 Å². The average molecular weight is 498 g/mol. The molecule has 3 unspecified atom stereocenters. The third-order valence-corrected chi connectivity index (χ3v) is 8.00. The highest BCUT2D eigenvalue weighted by atomic mass is 19.1. The molecule has 0 N–H and O–H groups in total. The Labute approximate surface area is 213 Å². The van der Waals surface area contributed by atoms with Crippen LogP contribution in [0.5, 0.6) is 0 Å². The Morgan fingerprint density at radius 1 is 0.865 bits per heavy atom. The van der Waals surface area contributed by atoms with E-state index in [1.54, 1.807) is 75.4 Å².